The molecule has 0 saturated heterocycles. The molecule has 1 rings (SSSR count). The predicted octanol–water partition coefficient (Wildman–Crippen LogP) is 3.73. The standard InChI is InChI=1S/C10H8F7N/c11-4-5-3-6(1-2-7(5)18)9(14,8(12)13)10(15,16)17/h1-3,8H,4,18H2. The first kappa shape index (κ1) is 14.6. The van der Waals surface area contributed by atoms with E-state index in [9.17, 15) is 30.7 Å². The van der Waals surface area contributed by atoms with Gasteiger partial charge >= 0.3 is 6.18 Å². The van der Waals surface area contributed by atoms with Crippen LogP contribution in [0, 0.1) is 0 Å². The summed E-state index contributed by atoms with van der Waals surface area (Å²) in [5, 5.41) is 0. The number of alkyl halides is 7. The number of benzene rings is 1. The van der Waals surface area contributed by atoms with Crippen LogP contribution in [-0.2, 0) is 12.3 Å². The van der Waals surface area contributed by atoms with E-state index in [0.717, 1.165) is 6.07 Å². The minimum atomic E-state index is -5.81. The van der Waals surface area contributed by atoms with Gasteiger partial charge in [0.15, 0.2) is 0 Å². The number of nitrogens with two attached hydrogens (primary N) is 1. The Balaban J connectivity index is 3.41. The van der Waals surface area contributed by atoms with Crippen LogP contribution in [0.5, 0.6) is 0 Å². The molecule has 1 unspecified atom stereocenters. The van der Waals surface area contributed by atoms with Gasteiger partial charge in [0.05, 0.1) is 0 Å². The first-order chi connectivity index (χ1) is 8.14. The van der Waals surface area contributed by atoms with Crippen molar-refractivity contribution < 1.29 is 30.7 Å². The van der Waals surface area contributed by atoms with Gasteiger partial charge in [-0.15, -0.1) is 0 Å². The molecule has 1 aromatic rings. The second kappa shape index (κ2) is 4.66. The zero-order chi connectivity index (χ0) is 14.1. The van der Waals surface area contributed by atoms with E-state index >= 15 is 0 Å². The molecule has 102 valence electrons. The predicted molar refractivity (Wildman–Crippen MR) is 50.5 cm³/mol. The Morgan fingerprint density at radius 3 is 2.06 bits per heavy atom. The quantitative estimate of drug-likeness (QED) is 0.660. The Morgan fingerprint density at radius 2 is 1.67 bits per heavy atom. The summed E-state index contributed by atoms with van der Waals surface area (Å²) in [6, 6.07) is 1.58. The van der Waals surface area contributed by atoms with Crippen molar-refractivity contribution in [1.82, 2.24) is 0 Å². The van der Waals surface area contributed by atoms with E-state index in [2.05, 4.69) is 0 Å². The van der Waals surface area contributed by atoms with Crippen LogP contribution in [-0.4, -0.2) is 12.6 Å². The molecule has 0 aliphatic carbocycles. The molecule has 0 aliphatic rings. The fourth-order valence-electron chi connectivity index (χ4n) is 1.36. The van der Waals surface area contributed by atoms with Crippen LogP contribution < -0.4 is 5.73 Å². The lowest BCUT2D eigenvalue weighted by Gasteiger charge is -2.27. The van der Waals surface area contributed by atoms with Gasteiger partial charge in [-0.3, -0.25) is 0 Å². The number of halogens is 7. The molecule has 0 bridgehead atoms. The Kier molecular flexibility index (Phi) is 3.78. The van der Waals surface area contributed by atoms with E-state index in [1.807, 2.05) is 0 Å². The molecular weight excluding hydrogens is 267 g/mol. The second-order valence-corrected chi connectivity index (χ2v) is 3.56. The molecule has 0 fully saturated rings. The summed E-state index contributed by atoms with van der Waals surface area (Å²) >= 11 is 0. The number of nitrogen functional groups attached to an aromatic ring is 1. The van der Waals surface area contributed by atoms with Gasteiger partial charge in [-0.1, -0.05) is 6.07 Å². The van der Waals surface area contributed by atoms with E-state index in [1.165, 1.54) is 0 Å². The van der Waals surface area contributed by atoms with Crippen LogP contribution in [0.4, 0.5) is 36.4 Å². The Hall–Kier alpha value is -1.47. The summed E-state index contributed by atoms with van der Waals surface area (Å²) in [7, 11) is 0. The second-order valence-electron chi connectivity index (χ2n) is 3.56. The molecule has 0 radical (unpaired) electrons. The van der Waals surface area contributed by atoms with Crippen LogP contribution in [0.1, 0.15) is 11.1 Å². The molecule has 2 N–H and O–H groups in total. The highest BCUT2D eigenvalue weighted by atomic mass is 19.4. The molecule has 1 aromatic carbocycles. The molecule has 0 saturated carbocycles. The fourth-order valence-corrected chi connectivity index (χ4v) is 1.36. The van der Waals surface area contributed by atoms with Crippen molar-refractivity contribution in [2.75, 3.05) is 5.73 Å². The maximum atomic E-state index is 13.6. The van der Waals surface area contributed by atoms with Gasteiger partial charge in [0, 0.05) is 16.8 Å². The third kappa shape index (κ3) is 2.23. The van der Waals surface area contributed by atoms with Crippen molar-refractivity contribution >= 4 is 5.69 Å². The Bertz CT molecular complexity index is 429. The van der Waals surface area contributed by atoms with E-state index in [-0.39, 0.29) is 5.69 Å². The zero-order valence-corrected chi connectivity index (χ0v) is 8.74. The summed E-state index contributed by atoms with van der Waals surface area (Å²) in [4.78, 5) is 0. The Morgan fingerprint density at radius 1 is 1.11 bits per heavy atom. The molecule has 1 nitrogen and oxygen atoms in total. The number of rotatable bonds is 3. The van der Waals surface area contributed by atoms with E-state index < -0.39 is 36.1 Å². The van der Waals surface area contributed by atoms with Gasteiger partial charge < -0.3 is 5.73 Å². The smallest absolute Gasteiger partial charge is 0.398 e. The molecule has 1 atom stereocenters. The van der Waals surface area contributed by atoms with Gasteiger partial charge in [0.1, 0.15) is 6.67 Å². The van der Waals surface area contributed by atoms with Crippen LogP contribution in [0.3, 0.4) is 0 Å². The lowest BCUT2D eigenvalue weighted by Crippen LogP contribution is -2.44. The van der Waals surface area contributed by atoms with Crippen molar-refractivity contribution in [3.8, 4) is 0 Å². The summed E-state index contributed by atoms with van der Waals surface area (Å²) in [6.45, 7) is -1.28. The van der Waals surface area contributed by atoms with Crippen molar-refractivity contribution in [3.63, 3.8) is 0 Å². The highest BCUT2D eigenvalue weighted by Gasteiger charge is 2.64. The van der Waals surface area contributed by atoms with Gasteiger partial charge in [0.2, 0.25) is 0 Å². The maximum Gasteiger partial charge on any atom is 0.432 e. The summed E-state index contributed by atoms with van der Waals surface area (Å²) < 4.78 is 87.9. The number of anilines is 1. The SMILES string of the molecule is Nc1ccc(C(F)(C(F)F)C(F)(F)F)cc1CF. The average molecular weight is 275 g/mol. The number of hydrogen-bond acceptors (Lipinski definition) is 1. The first-order valence-corrected chi connectivity index (χ1v) is 4.63. The maximum absolute atomic E-state index is 13.6. The molecule has 18 heavy (non-hydrogen) atoms. The lowest BCUT2D eigenvalue weighted by atomic mass is 9.93. The Labute approximate surface area is 97.4 Å². The minimum Gasteiger partial charge on any atom is -0.398 e. The summed E-state index contributed by atoms with van der Waals surface area (Å²) in [5.41, 5.74) is -1.72. The largest absolute Gasteiger partial charge is 0.432 e. The van der Waals surface area contributed by atoms with Crippen LogP contribution in [0.25, 0.3) is 0 Å². The molecule has 0 amide bonds. The van der Waals surface area contributed by atoms with Gasteiger partial charge in [-0.05, 0) is 12.1 Å². The van der Waals surface area contributed by atoms with Crippen LogP contribution in [0.2, 0.25) is 0 Å². The van der Waals surface area contributed by atoms with E-state index in [4.69, 9.17) is 5.73 Å². The molecule has 0 heterocycles. The van der Waals surface area contributed by atoms with Crippen molar-refractivity contribution in [3.05, 3.63) is 29.3 Å². The normalized spacial score (nSPS) is 15.8. The lowest BCUT2D eigenvalue weighted by molar-refractivity contribution is -0.274. The topological polar surface area (TPSA) is 26.0 Å². The highest BCUT2D eigenvalue weighted by molar-refractivity contribution is 5.49. The first-order valence-electron chi connectivity index (χ1n) is 4.63. The highest BCUT2D eigenvalue weighted by Crippen LogP contribution is 2.47. The van der Waals surface area contributed by atoms with Gasteiger partial charge in [-0.2, -0.15) is 13.2 Å². The minimum absolute atomic E-state index is 0.236. The molecule has 8 heteroatoms. The summed E-state index contributed by atoms with van der Waals surface area (Å²) in [5.74, 6) is 0. The number of hydrogen-bond donors (Lipinski definition) is 1. The van der Waals surface area contributed by atoms with E-state index in [1.54, 1.807) is 0 Å². The van der Waals surface area contributed by atoms with Crippen LogP contribution in [0.15, 0.2) is 18.2 Å². The summed E-state index contributed by atoms with van der Waals surface area (Å²) in [6.07, 6.45) is -10.1. The monoisotopic (exact) mass is 275 g/mol. The molecule has 0 aromatic heterocycles. The van der Waals surface area contributed by atoms with Crippen LogP contribution >= 0.6 is 0 Å². The molecule has 0 aliphatic heterocycles. The third-order valence-electron chi connectivity index (χ3n) is 2.42. The van der Waals surface area contributed by atoms with Gasteiger partial charge in [-0.25, -0.2) is 17.6 Å². The van der Waals surface area contributed by atoms with Crippen molar-refractivity contribution in [2.24, 2.45) is 0 Å². The van der Waals surface area contributed by atoms with Crippen molar-refractivity contribution in [2.45, 2.75) is 24.9 Å². The van der Waals surface area contributed by atoms with Crippen molar-refractivity contribution in [1.29, 1.82) is 0 Å². The fraction of sp³-hybridized carbons (Fsp3) is 0.400. The average Bonchev–Trinajstić information content (AvgIpc) is 2.26. The third-order valence-corrected chi connectivity index (χ3v) is 2.42. The molecular formula is C10H8F7N. The van der Waals surface area contributed by atoms with E-state index in [0.29, 0.717) is 12.1 Å². The van der Waals surface area contributed by atoms with Gasteiger partial charge in [0.25, 0.3) is 12.1 Å². The zero-order valence-electron chi connectivity index (χ0n) is 8.74. The molecule has 0 spiro atoms.